The zero-order valence-corrected chi connectivity index (χ0v) is 12.2. The molecule has 0 saturated carbocycles. The average Bonchev–Trinajstić information content (AvgIpc) is 2.35. The fourth-order valence-electron chi connectivity index (χ4n) is 2.04. The first-order valence-electron chi connectivity index (χ1n) is 6.89. The Morgan fingerprint density at radius 2 is 1.95 bits per heavy atom. The van der Waals surface area contributed by atoms with Crippen molar-refractivity contribution in [2.24, 2.45) is 0 Å². The van der Waals surface area contributed by atoms with Crippen LogP contribution in [0.5, 0.6) is 0 Å². The van der Waals surface area contributed by atoms with Crippen molar-refractivity contribution in [2.45, 2.75) is 39.3 Å². The Morgan fingerprint density at radius 1 is 1.29 bits per heavy atom. The van der Waals surface area contributed by atoms with Gasteiger partial charge in [-0.1, -0.05) is 20.3 Å². The molecule has 0 spiro atoms. The number of carbonyl (C=O) groups excluding carboxylic acids is 1. The molecule has 7 heteroatoms. The van der Waals surface area contributed by atoms with E-state index in [1.54, 1.807) is 6.92 Å². The standard InChI is InChI=1S/C14H20F3N3O/c1-3-5-11-7-10(8-12(18)19-11)13(21)20(6-4-2)9-14(15,16)17/h7-8H,3-6,9H2,1-2H3,(H2,18,19). The average molecular weight is 303 g/mol. The second-order valence-electron chi connectivity index (χ2n) is 4.86. The summed E-state index contributed by atoms with van der Waals surface area (Å²) in [6.07, 6.45) is -2.54. The van der Waals surface area contributed by atoms with Crippen LogP contribution in [0.2, 0.25) is 0 Å². The molecule has 118 valence electrons. The Hall–Kier alpha value is -1.79. The number of amides is 1. The van der Waals surface area contributed by atoms with E-state index in [1.165, 1.54) is 12.1 Å². The topological polar surface area (TPSA) is 59.2 Å². The quantitative estimate of drug-likeness (QED) is 0.878. The van der Waals surface area contributed by atoms with Crippen LogP contribution in [0.1, 0.15) is 42.7 Å². The summed E-state index contributed by atoms with van der Waals surface area (Å²) < 4.78 is 37.7. The molecular weight excluding hydrogens is 283 g/mol. The van der Waals surface area contributed by atoms with Crippen molar-refractivity contribution in [2.75, 3.05) is 18.8 Å². The minimum absolute atomic E-state index is 0.0453. The monoisotopic (exact) mass is 303 g/mol. The first-order valence-corrected chi connectivity index (χ1v) is 6.89. The Balaban J connectivity index is 3.02. The van der Waals surface area contributed by atoms with Crippen LogP contribution < -0.4 is 5.73 Å². The third-order valence-electron chi connectivity index (χ3n) is 2.80. The summed E-state index contributed by atoms with van der Waals surface area (Å²) in [5.41, 5.74) is 6.40. The van der Waals surface area contributed by atoms with Crippen LogP contribution >= 0.6 is 0 Å². The third-order valence-corrected chi connectivity index (χ3v) is 2.80. The lowest BCUT2D eigenvalue weighted by molar-refractivity contribution is -0.140. The van der Waals surface area contributed by atoms with Crippen molar-refractivity contribution in [1.29, 1.82) is 0 Å². The highest BCUT2D eigenvalue weighted by Crippen LogP contribution is 2.19. The fraction of sp³-hybridized carbons (Fsp3) is 0.571. The van der Waals surface area contributed by atoms with Gasteiger partial charge in [0, 0.05) is 17.8 Å². The highest BCUT2D eigenvalue weighted by Gasteiger charge is 2.33. The number of carbonyl (C=O) groups is 1. The number of pyridine rings is 1. The number of aromatic nitrogens is 1. The summed E-state index contributed by atoms with van der Waals surface area (Å²) in [5, 5.41) is 0. The van der Waals surface area contributed by atoms with E-state index >= 15 is 0 Å². The van der Waals surface area contributed by atoms with Gasteiger partial charge in [-0.3, -0.25) is 4.79 Å². The van der Waals surface area contributed by atoms with Crippen molar-refractivity contribution < 1.29 is 18.0 Å². The van der Waals surface area contributed by atoms with E-state index in [9.17, 15) is 18.0 Å². The Labute approximate surface area is 122 Å². The molecule has 0 atom stereocenters. The Bertz CT molecular complexity index is 489. The van der Waals surface area contributed by atoms with Crippen molar-refractivity contribution in [3.8, 4) is 0 Å². The van der Waals surface area contributed by atoms with Gasteiger partial charge < -0.3 is 10.6 Å². The van der Waals surface area contributed by atoms with Crippen LogP contribution in [-0.2, 0) is 6.42 Å². The number of nitrogen functional groups attached to an aromatic ring is 1. The van der Waals surface area contributed by atoms with Crippen molar-refractivity contribution in [3.05, 3.63) is 23.4 Å². The van der Waals surface area contributed by atoms with Gasteiger partial charge in [-0.15, -0.1) is 0 Å². The second-order valence-corrected chi connectivity index (χ2v) is 4.86. The molecule has 0 aliphatic carbocycles. The van der Waals surface area contributed by atoms with Gasteiger partial charge >= 0.3 is 6.18 Å². The Morgan fingerprint density at radius 3 is 2.48 bits per heavy atom. The lowest BCUT2D eigenvalue weighted by Crippen LogP contribution is -2.39. The molecule has 2 N–H and O–H groups in total. The molecule has 1 aromatic rings. The number of halogens is 3. The molecule has 1 rings (SSSR count). The molecule has 0 radical (unpaired) electrons. The summed E-state index contributed by atoms with van der Waals surface area (Å²) >= 11 is 0. The van der Waals surface area contributed by atoms with Crippen LogP contribution in [0.25, 0.3) is 0 Å². The number of nitrogens with zero attached hydrogens (tertiary/aromatic N) is 2. The SMILES string of the molecule is CCCc1cc(C(=O)N(CCC)CC(F)(F)F)cc(N)n1. The number of nitrogens with two attached hydrogens (primary N) is 1. The molecule has 0 unspecified atom stereocenters. The molecule has 0 saturated heterocycles. The van der Waals surface area contributed by atoms with Crippen molar-refractivity contribution in [3.63, 3.8) is 0 Å². The fourth-order valence-corrected chi connectivity index (χ4v) is 2.04. The van der Waals surface area contributed by atoms with Gasteiger partial charge in [0.05, 0.1) is 0 Å². The maximum atomic E-state index is 12.6. The van der Waals surface area contributed by atoms with Crippen molar-refractivity contribution >= 4 is 11.7 Å². The molecule has 1 amide bonds. The lowest BCUT2D eigenvalue weighted by Gasteiger charge is -2.23. The van der Waals surface area contributed by atoms with Crippen LogP contribution in [0.3, 0.4) is 0 Å². The van der Waals surface area contributed by atoms with Crippen LogP contribution in [-0.4, -0.2) is 35.1 Å². The lowest BCUT2D eigenvalue weighted by atomic mass is 10.1. The largest absolute Gasteiger partial charge is 0.406 e. The van der Waals surface area contributed by atoms with Gasteiger partial charge in [-0.25, -0.2) is 4.98 Å². The molecule has 1 heterocycles. The van der Waals surface area contributed by atoms with Gasteiger partial charge in [-0.2, -0.15) is 13.2 Å². The first kappa shape index (κ1) is 17.3. The van der Waals surface area contributed by atoms with Gasteiger partial charge in [0.1, 0.15) is 12.4 Å². The van der Waals surface area contributed by atoms with E-state index < -0.39 is 18.6 Å². The number of hydrogen-bond donors (Lipinski definition) is 1. The molecule has 0 fully saturated rings. The van der Waals surface area contributed by atoms with E-state index in [4.69, 9.17) is 5.73 Å². The molecule has 0 bridgehead atoms. The number of aryl methyl sites for hydroxylation is 1. The smallest absolute Gasteiger partial charge is 0.384 e. The van der Waals surface area contributed by atoms with Crippen LogP contribution in [0.15, 0.2) is 12.1 Å². The van der Waals surface area contributed by atoms with E-state index in [-0.39, 0.29) is 17.9 Å². The third kappa shape index (κ3) is 5.61. The van der Waals surface area contributed by atoms with Crippen molar-refractivity contribution in [1.82, 2.24) is 9.88 Å². The highest BCUT2D eigenvalue weighted by molar-refractivity contribution is 5.95. The van der Waals surface area contributed by atoms with Gasteiger partial charge in [-0.05, 0) is 25.0 Å². The predicted molar refractivity (Wildman–Crippen MR) is 74.9 cm³/mol. The summed E-state index contributed by atoms with van der Waals surface area (Å²) in [4.78, 5) is 17.1. The van der Waals surface area contributed by atoms with Gasteiger partial charge in [0.15, 0.2) is 0 Å². The maximum Gasteiger partial charge on any atom is 0.406 e. The molecule has 0 aliphatic rings. The highest BCUT2D eigenvalue weighted by atomic mass is 19.4. The zero-order valence-electron chi connectivity index (χ0n) is 12.2. The minimum Gasteiger partial charge on any atom is -0.384 e. The normalized spacial score (nSPS) is 11.5. The van der Waals surface area contributed by atoms with E-state index in [2.05, 4.69) is 4.98 Å². The molecular formula is C14H20F3N3O. The zero-order chi connectivity index (χ0) is 16.0. The maximum absolute atomic E-state index is 12.6. The number of anilines is 1. The van der Waals surface area contributed by atoms with Gasteiger partial charge in [0.25, 0.3) is 5.91 Å². The van der Waals surface area contributed by atoms with Crippen LogP contribution in [0.4, 0.5) is 19.0 Å². The summed E-state index contributed by atoms with van der Waals surface area (Å²) in [5.74, 6) is -0.520. The predicted octanol–water partition coefficient (Wildman–Crippen LogP) is 3.03. The molecule has 1 aromatic heterocycles. The van der Waals surface area contributed by atoms with Gasteiger partial charge in [0.2, 0.25) is 0 Å². The number of hydrogen-bond acceptors (Lipinski definition) is 3. The summed E-state index contributed by atoms with van der Waals surface area (Å²) in [6, 6.07) is 2.84. The summed E-state index contributed by atoms with van der Waals surface area (Å²) in [7, 11) is 0. The first-order chi connectivity index (χ1) is 9.76. The summed E-state index contributed by atoms with van der Waals surface area (Å²) in [6.45, 7) is 2.45. The minimum atomic E-state index is -4.42. The molecule has 21 heavy (non-hydrogen) atoms. The molecule has 0 aliphatic heterocycles. The second kappa shape index (κ2) is 7.28. The van der Waals surface area contributed by atoms with Crippen LogP contribution in [0, 0.1) is 0 Å². The molecule has 0 aromatic carbocycles. The molecule has 4 nitrogen and oxygen atoms in total. The van der Waals surface area contributed by atoms with E-state index in [0.717, 1.165) is 11.3 Å². The Kier molecular flexibility index (Phi) is 5.99. The number of rotatable bonds is 6. The van der Waals surface area contributed by atoms with E-state index in [1.807, 2.05) is 6.92 Å². The number of alkyl halides is 3. The van der Waals surface area contributed by atoms with E-state index in [0.29, 0.717) is 18.5 Å².